The molecule has 1 amide bonds. The molecular formula is C26H27N3O4S. The molecule has 3 aromatic heterocycles. The van der Waals surface area contributed by atoms with E-state index >= 15 is 0 Å². The lowest BCUT2D eigenvalue weighted by Crippen LogP contribution is -2.18. The molecule has 0 saturated carbocycles. The Bertz CT molecular complexity index is 1300. The lowest BCUT2D eigenvalue weighted by atomic mass is 9.96. The summed E-state index contributed by atoms with van der Waals surface area (Å²) in [6, 6.07) is 14.7. The maximum absolute atomic E-state index is 12.8. The van der Waals surface area contributed by atoms with E-state index in [2.05, 4.69) is 22.5 Å². The summed E-state index contributed by atoms with van der Waals surface area (Å²) in [5.41, 5.74) is 3.88. The summed E-state index contributed by atoms with van der Waals surface area (Å²) in [5.74, 6) is 1.95. The summed E-state index contributed by atoms with van der Waals surface area (Å²) in [5, 5.41) is 7.36. The summed E-state index contributed by atoms with van der Waals surface area (Å²) in [7, 11) is 3.22. The average molecular weight is 478 g/mol. The average Bonchev–Trinajstić information content (AvgIpc) is 3.46. The number of carbonyl (C=O) groups is 1. The molecule has 0 radical (unpaired) electrons. The number of nitrogens with one attached hydrogen (secondary N) is 2. The topological polar surface area (TPSA) is 85.6 Å². The molecule has 1 aromatic carbocycles. The first-order chi connectivity index (χ1) is 16.4. The van der Waals surface area contributed by atoms with Crippen LogP contribution in [0.1, 0.15) is 43.9 Å². The van der Waals surface area contributed by atoms with Gasteiger partial charge in [-0.1, -0.05) is 12.1 Å². The summed E-state index contributed by atoms with van der Waals surface area (Å²) in [4.78, 5) is 18.6. The molecule has 0 saturated heterocycles. The van der Waals surface area contributed by atoms with Gasteiger partial charge in [0.2, 0.25) is 0 Å². The fraction of sp³-hybridized carbons (Fsp3) is 0.231. The predicted molar refractivity (Wildman–Crippen MR) is 134 cm³/mol. The van der Waals surface area contributed by atoms with Crippen molar-refractivity contribution in [2.24, 2.45) is 0 Å². The molecule has 7 nitrogen and oxygen atoms in total. The highest BCUT2D eigenvalue weighted by Gasteiger charge is 2.26. The van der Waals surface area contributed by atoms with Gasteiger partial charge in [-0.25, -0.2) is 4.98 Å². The van der Waals surface area contributed by atoms with Crippen LogP contribution in [0.2, 0.25) is 0 Å². The fourth-order valence-corrected chi connectivity index (χ4v) is 4.88. The Morgan fingerprint density at radius 3 is 2.50 bits per heavy atom. The number of anilines is 2. The van der Waals surface area contributed by atoms with Crippen molar-refractivity contribution < 1.29 is 18.7 Å². The van der Waals surface area contributed by atoms with Crippen LogP contribution in [0.25, 0.3) is 0 Å². The highest BCUT2D eigenvalue weighted by Crippen LogP contribution is 2.42. The van der Waals surface area contributed by atoms with E-state index in [1.54, 1.807) is 26.4 Å². The van der Waals surface area contributed by atoms with Crippen molar-refractivity contribution in [3.8, 4) is 11.5 Å². The normalized spacial score (nSPS) is 11.7. The zero-order valence-electron chi connectivity index (χ0n) is 19.8. The Hall–Kier alpha value is -3.78. The second kappa shape index (κ2) is 10.0. The molecule has 1 unspecified atom stereocenters. The molecule has 1 atom stereocenters. The SMILES string of the molecule is COc1ccc(C(Nc2cccc(C)n2)c2c(NC(=O)c3ccco3)sc(C)c2C)cc1OC. The molecule has 0 spiro atoms. The number of benzene rings is 1. The second-order valence-electron chi connectivity index (χ2n) is 7.81. The van der Waals surface area contributed by atoms with Gasteiger partial charge in [-0.15, -0.1) is 11.3 Å². The van der Waals surface area contributed by atoms with Crippen molar-refractivity contribution in [1.29, 1.82) is 0 Å². The molecule has 34 heavy (non-hydrogen) atoms. The Balaban J connectivity index is 1.83. The van der Waals surface area contributed by atoms with E-state index in [0.717, 1.165) is 38.1 Å². The first-order valence-corrected chi connectivity index (χ1v) is 11.6. The van der Waals surface area contributed by atoms with Crippen LogP contribution < -0.4 is 20.1 Å². The Morgan fingerprint density at radius 1 is 1.03 bits per heavy atom. The predicted octanol–water partition coefficient (Wildman–Crippen LogP) is 6.13. The van der Waals surface area contributed by atoms with Gasteiger partial charge in [0, 0.05) is 16.1 Å². The summed E-state index contributed by atoms with van der Waals surface area (Å²) < 4.78 is 16.3. The minimum absolute atomic E-state index is 0.255. The standard InChI is InChI=1S/C26H27N3O4S/c1-15-8-6-10-22(27-15)28-24(18-11-12-19(31-4)21(14-18)32-5)23-16(2)17(3)34-26(23)29-25(30)20-9-7-13-33-20/h6-14,24H,1-5H3,(H,27,28)(H,29,30). The molecule has 4 rings (SSSR count). The van der Waals surface area contributed by atoms with Crippen LogP contribution in [0, 0.1) is 20.8 Å². The lowest BCUT2D eigenvalue weighted by molar-refractivity contribution is 0.0997. The van der Waals surface area contributed by atoms with Crippen LogP contribution in [0.15, 0.2) is 59.2 Å². The van der Waals surface area contributed by atoms with Gasteiger partial charge < -0.3 is 24.5 Å². The van der Waals surface area contributed by atoms with Gasteiger partial charge in [0.05, 0.1) is 26.5 Å². The van der Waals surface area contributed by atoms with Crippen LogP contribution >= 0.6 is 11.3 Å². The number of hydrogen-bond acceptors (Lipinski definition) is 7. The zero-order chi connectivity index (χ0) is 24.2. The summed E-state index contributed by atoms with van der Waals surface area (Å²) in [6.45, 7) is 6.05. The minimum atomic E-state index is -0.314. The highest BCUT2D eigenvalue weighted by molar-refractivity contribution is 7.16. The number of furan rings is 1. The van der Waals surface area contributed by atoms with E-state index in [1.165, 1.54) is 17.6 Å². The molecule has 0 aliphatic carbocycles. The van der Waals surface area contributed by atoms with E-state index in [9.17, 15) is 4.79 Å². The van der Waals surface area contributed by atoms with Gasteiger partial charge in [-0.05, 0) is 68.3 Å². The van der Waals surface area contributed by atoms with Crippen molar-refractivity contribution in [3.63, 3.8) is 0 Å². The van der Waals surface area contributed by atoms with E-state index in [4.69, 9.17) is 13.9 Å². The molecule has 8 heteroatoms. The third kappa shape index (κ3) is 4.77. The maximum Gasteiger partial charge on any atom is 0.291 e. The molecule has 176 valence electrons. The summed E-state index contributed by atoms with van der Waals surface area (Å²) >= 11 is 1.53. The number of carbonyl (C=O) groups excluding carboxylic acids is 1. The van der Waals surface area contributed by atoms with Crippen LogP contribution in [-0.2, 0) is 0 Å². The molecule has 0 aliphatic heterocycles. The van der Waals surface area contributed by atoms with Crippen LogP contribution in [0.3, 0.4) is 0 Å². The zero-order valence-corrected chi connectivity index (χ0v) is 20.6. The van der Waals surface area contributed by atoms with Crippen LogP contribution in [0.5, 0.6) is 11.5 Å². The third-order valence-corrected chi connectivity index (χ3v) is 6.75. The van der Waals surface area contributed by atoms with Crippen molar-refractivity contribution in [2.75, 3.05) is 24.9 Å². The molecular weight excluding hydrogens is 450 g/mol. The van der Waals surface area contributed by atoms with Crippen molar-refractivity contribution >= 4 is 28.1 Å². The van der Waals surface area contributed by atoms with E-state index < -0.39 is 0 Å². The quantitative estimate of drug-likeness (QED) is 0.317. The number of rotatable bonds is 8. The number of methoxy groups -OCH3 is 2. The largest absolute Gasteiger partial charge is 0.493 e. The molecule has 4 aromatic rings. The van der Waals surface area contributed by atoms with E-state index in [-0.39, 0.29) is 17.7 Å². The number of pyridine rings is 1. The number of aromatic nitrogens is 1. The molecule has 0 fully saturated rings. The first kappa shape index (κ1) is 23.4. The maximum atomic E-state index is 12.8. The number of ether oxygens (including phenoxy) is 2. The van der Waals surface area contributed by atoms with Crippen molar-refractivity contribution in [1.82, 2.24) is 4.98 Å². The number of nitrogens with zero attached hydrogens (tertiary/aromatic N) is 1. The second-order valence-corrected chi connectivity index (χ2v) is 9.04. The van der Waals surface area contributed by atoms with Gasteiger partial charge in [0.25, 0.3) is 5.91 Å². The third-order valence-electron chi connectivity index (χ3n) is 5.61. The van der Waals surface area contributed by atoms with E-state index in [1.807, 2.05) is 50.2 Å². The van der Waals surface area contributed by atoms with Gasteiger partial charge in [0.15, 0.2) is 17.3 Å². The number of hydrogen-bond donors (Lipinski definition) is 2. The molecule has 0 aliphatic rings. The number of aryl methyl sites for hydroxylation is 2. The van der Waals surface area contributed by atoms with Gasteiger partial charge >= 0.3 is 0 Å². The lowest BCUT2D eigenvalue weighted by Gasteiger charge is -2.23. The summed E-state index contributed by atoms with van der Waals surface area (Å²) in [6.07, 6.45) is 1.48. The smallest absolute Gasteiger partial charge is 0.291 e. The van der Waals surface area contributed by atoms with E-state index in [0.29, 0.717) is 11.5 Å². The fourth-order valence-electron chi connectivity index (χ4n) is 3.78. The molecule has 3 heterocycles. The van der Waals surface area contributed by atoms with Gasteiger partial charge in [-0.2, -0.15) is 0 Å². The van der Waals surface area contributed by atoms with Gasteiger partial charge in [0.1, 0.15) is 10.8 Å². The van der Waals surface area contributed by atoms with Crippen molar-refractivity contribution in [3.05, 3.63) is 87.8 Å². The minimum Gasteiger partial charge on any atom is -0.493 e. The Kier molecular flexibility index (Phi) is 6.88. The van der Waals surface area contributed by atoms with Gasteiger partial charge in [-0.3, -0.25) is 4.79 Å². The molecule has 0 bridgehead atoms. The number of amides is 1. The van der Waals surface area contributed by atoms with Crippen molar-refractivity contribution in [2.45, 2.75) is 26.8 Å². The Labute approximate surface area is 202 Å². The highest BCUT2D eigenvalue weighted by atomic mass is 32.1. The first-order valence-electron chi connectivity index (χ1n) is 10.8. The van der Waals surface area contributed by atoms with Crippen LogP contribution in [0.4, 0.5) is 10.8 Å². The Morgan fingerprint density at radius 2 is 1.82 bits per heavy atom. The monoisotopic (exact) mass is 477 g/mol. The van der Waals surface area contributed by atoms with Crippen LogP contribution in [-0.4, -0.2) is 25.1 Å². The molecule has 2 N–H and O–H groups in total. The number of thiophene rings is 1.